The van der Waals surface area contributed by atoms with Gasteiger partial charge in [0.05, 0.1) is 0 Å². The Morgan fingerprint density at radius 3 is 2.00 bits per heavy atom. The van der Waals surface area contributed by atoms with Crippen LogP contribution in [0.3, 0.4) is 0 Å². The SMILES string of the molecule is CC(=O)Oc1cccc(C(=O)N2CCCN(C(=O)c3cccc(O)c3)CC2)c1. The Morgan fingerprint density at radius 2 is 1.43 bits per heavy atom. The third-order valence-electron chi connectivity index (χ3n) is 4.51. The third-order valence-corrected chi connectivity index (χ3v) is 4.51. The highest BCUT2D eigenvalue weighted by molar-refractivity contribution is 5.96. The van der Waals surface area contributed by atoms with Crippen LogP contribution in [-0.4, -0.2) is 58.9 Å². The van der Waals surface area contributed by atoms with Crippen molar-refractivity contribution in [1.29, 1.82) is 0 Å². The molecule has 3 rings (SSSR count). The van der Waals surface area contributed by atoms with Crippen LogP contribution in [0, 0.1) is 0 Å². The number of phenolic OH excluding ortho intramolecular Hbond substituents is 1. The molecular formula is C21H22N2O5. The monoisotopic (exact) mass is 382 g/mol. The van der Waals surface area contributed by atoms with Gasteiger partial charge in [0.1, 0.15) is 11.5 Å². The van der Waals surface area contributed by atoms with E-state index in [2.05, 4.69) is 0 Å². The highest BCUT2D eigenvalue weighted by Gasteiger charge is 2.24. The number of esters is 1. The first-order chi connectivity index (χ1) is 13.4. The second kappa shape index (κ2) is 8.56. The van der Waals surface area contributed by atoms with Crippen LogP contribution in [0.25, 0.3) is 0 Å². The molecule has 146 valence electrons. The molecule has 1 aliphatic heterocycles. The average molecular weight is 382 g/mol. The molecule has 28 heavy (non-hydrogen) atoms. The number of nitrogens with zero attached hydrogens (tertiary/aromatic N) is 2. The summed E-state index contributed by atoms with van der Waals surface area (Å²) in [5.41, 5.74) is 0.861. The lowest BCUT2D eigenvalue weighted by atomic mass is 10.2. The summed E-state index contributed by atoms with van der Waals surface area (Å²) in [5.74, 6) is -0.401. The highest BCUT2D eigenvalue weighted by Crippen LogP contribution is 2.18. The Hall–Kier alpha value is -3.35. The molecule has 1 fully saturated rings. The highest BCUT2D eigenvalue weighted by atomic mass is 16.5. The van der Waals surface area contributed by atoms with E-state index in [4.69, 9.17) is 4.74 Å². The van der Waals surface area contributed by atoms with Gasteiger partial charge in [0, 0.05) is 44.2 Å². The average Bonchev–Trinajstić information content (AvgIpc) is 2.93. The van der Waals surface area contributed by atoms with E-state index < -0.39 is 5.97 Å². The quantitative estimate of drug-likeness (QED) is 0.650. The lowest BCUT2D eigenvalue weighted by Crippen LogP contribution is -2.37. The van der Waals surface area contributed by atoms with Gasteiger partial charge in [0.25, 0.3) is 11.8 Å². The summed E-state index contributed by atoms with van der Waals surface area (Å²) in [5, 5.41) is 9.58. The molecule has 7 nitrogen and oxygen atoms in total. The minimum Gasteiger partial charge on any atom is -0.508 e. The molecule has 0 spiro atoms. The molecule has 0 aliphatic carbocycles. The molecule has 1 saturated heterocycles. The molecule has 0 bridgehead atoms. The third kappa shape index (κ3) is 4.68. The van der Waals surface area contributed by atoms with Crippen LogP contribution in [0.1, 0.15) is 34.1 Å². The van der Waals surface area contributed by atoms with Gasteiger partial charge in [0.2, 0.25) is 0 Å². The number of hydrogen-bond acceptors (Lipinski definition) is 5. The van der Waals surface area contributed by atoms with E-state index in [1.807, 2.05) is 0 Å². The van der Waals surface area contributed by atoms with Gasteiger partial charge >= 0.3 is 5.97 Å². The number of carbonyl (C=O) groups excluding carboxylic acids is 3. The summed E-state index contributed by atoms with van der Waals surface area (Å²) in [6, 6.07) is 12.8. The van der Waals surface area contributed by atoms with Crippen LogP contribution in [0.4, 0.5) is 0 Å². The number of hydrogen-bond donors (Lipinski definition) is 1. The Bertz CT molecular complexity index is 896. The summed E-state index contributed by atoms with van der Waals surface area (Å²) in [6.45, 7) is 3.18. The second-order valence-corrected chi connectivity index (χ2v) is 6.61. The first kappa shape index (κ1) is 19.4. The van der Waals surface area contributed by atoms with Crippen LogP contribution < -0.4 is 4.74 Å². The zero-order valence-corrected chi connectivity index (χ0v) is 15.6. The van der Waals surface area contributed by atoms with Crippen molar-refractivity contribution in [3.05, 3.63) is 59.7 Å². The van der Waals surface area contributed by atoms with E-state index in [1.165, 1.54) is 19.1 Å². The maximum absolute atomic E-state index is 12.8. The lowest BCUT2D eigenvalue weighted by molar-refractivity contribution is -0.131. The number of rotatable bonds is 3. The fourth-order valence-corrected chi connectivity index (χ4v) is 3.19. The van der Waals surface area contributed by atoms with Crippen LogP contribution in [0.2, 0.25) is 0 Å². The Kier molecular flexibility index (Phi) is 5.93. The Labute approximate surface area is 163 Å². The van der Waals surface area contributed by atoms with Crippen molar-refractivity contribution in [3.8, 4) is 11.5 Å². The number of phenols is 1. The van der Waals surface area contributed by atoms with Gasteiger partial charge in [-0.1, -0.05) is 12.1 Å². The summed E-state index contributed by atoms with van der Waals surface area (Å²) in [4.78, 5) is 40.0. The number of carbonyl (C=O) groups is 3. The van der Waals surface area contributed by atoms with Crippen LogP contribution in [0.15, 0.2) is 48.5 Å². The topological polar surface area (TPSA) is 87.2 Å². The predicted octanol–water partition coefficient (Wildman–Crippen LogP) is 2.31. The fourth-order valence-electron chi connectivity index (χ4n) is 3.19. The molecule has 2 aromatic rings. The molecule has 0 unspecified atom stereocenters. The van der Waals surface area contributed by atoms with E-state index in [0.29, 0.717) is 49.5 Å². The maximum Gasteiger partial charge on any atom is 0.308 e. The van der Waals surface area contributed by atoms with Crippen molar-refractivity contribution < 1.29 is 24.2 Å². The summed E-state index contributed by atoms with van der Waals surface area (Å²) in [6.07, 6.45) is 0.653. The lowest BCUT2D eigenvalue weighted by Gasteiger charge is -2.22. The molecule has 0 saturated carbocycles. The van der Waals surface area contributed by atoms with E-state index >= 15 is 0 Å². The molecule has 0 aromatic heterocycles. The van der Waals surface area contributed by atoms with Crippen LogP contribution >= 0.6 is 0 Å². The van der Waals surface area contributed by atoms with Crippen LogP contribution in [-0.2, 0) is 4.79 Å². The summed E-state index contributed by atoms with van der Waals surface area (Å²) < 4.78 is 5.04. The molecule has 2 aromatic carbocycles. The minimum absolute atomic E-state index is 0.0464. The molecule has 1 aliphatic rings. The largest absolute Gasteiger partial charge is 0.508 e. The van der Waals surface area contributed by atoms with Crippen LogP contribution in [0.5, 0.6) is 11.5 Å². The second-order valence-electron chi connectivity index (χ2n) is 6.61. The summed E-state index contributed by atoms with van der Waals surface area (Å²) in [7, 11) is 0. The molecule has 7 heteroatoms. The van der Waals surface area contributed by atoms with Gasteiger partial charge in [-0.05, 0) is 42.8 Å². The molecule has 0 atom stereocenters. The number of benzene rings is 2. The standard InChI is InChI=1S/C21H22N2O5/c1-15(24)28-19-8-3-6-17(14-19)21(27)23-10-4-9-22(11-12-23)20(26)16-5-2-7-18(25)13-16/h2-3,5-8,13-14,25H,4,9-12H2,1H3. The van der Waals surface area contributed by atoms with Gasteiger partial charge < -0.3 is 19.6 Å². The summed E-state index contributed by atoms with van der Waals surface area (Å²) >= 11 is 0. The van der Waals surface area contributed by atoms with E-state index in [9.17, 15) is 19.5 Å². The molecule has 1 N–H and O–H groups in total. The van der Waals surface area contributed by atoms with Crippen molar-refractivity contribution in [1.82, 2.24) is 9.80 Å². The first-order valence-corrected chi connectivity index (χ1v) is 9.10. The molecular weight excluding hydrogens is 360 g/mol. The predicted molar refractivity (Wildman–Crippen MR) is 102 cm³/mol. The van der Waals surface area contributed by atoms with Gasteiger partial charge in [0.15, 0.2) is 0 Å². The first-order valence-electron chi connectivity index (χ1n) is 9.10. The maximum atomic E-state index is 12.8. The van der Waals surface area contributed by atoms with E-state index in [1.54, 1.807) is 46.2 Å². The Balaban J connectivity index is 1.67. The zero-order chi connectivity index (χ0) is 20.1. The number of aromatic hydroxyl groups is 1. The van der Waals surface area contributed by atoms with Crippen molar-refractivity contribution in [2.75, 3.05) is 26.2 Å². The minimum atomic E-state index is -0.444. The number of amides is 2. The molecule has 0 radical (unpaired) electrons. The van der Waals surface area contributed by atoms with E-state index in [0.717, 1.165) is 0 Å². The van der Waals surface area contributed by atoms with Gasteiger partial charge in [-0.25, -0.2) is 0 Å². The molecule has 2 amide bonds. The Morgan fingerprint density at radius 1 is 0.857 bits per heavy atom. The van der Waals surface area contributed by atoms with Gasteiger partial charge in [-0.15, -0.1) is 0 Å². The van der Waals surface area contributed by atoms with Gasteiger partial charge in [-0.3, -0.25) is 14.4 Å². The van der Waals surface area contributed by atoms with Crippen molar-refractivity contribution >= 4 is 17.8 Å². The normalized spacial score (nSPS) is 14.3. The smallest absolute Gasteiger partial charge is 0.308 e. The van der Waals surface area contributed by atoms with Crippen molar-refractivity contribution in [2.24, 2.45) is 0 Å². The zero-order valence-electron chi connectivity index (χ0n) is 15.6. The van der Waals surface area contributed by atoms with E-state index in [-0.39, 0.29) is 17.6 Å². The van der Waals surface area contributed by atoms with Crippen molar-refractivity contribution in [2.45, 2.75) is 13.3 Å². The fraction of sp³-hybridized carbons (Fsp3) is 0.286. The molecule has 1 heterocycles. The number of ether oxygens (including phenoxy) is 1. The van der Waals surface area contributed by atoms with Crippen molar-refractivity contribution in [3.63, 3.8) is 0 Å². The van der Waals surface area contributed by atoms with Gasteiger partial charge in [-0.2, -0.15) is 0 Å².